The van der Waals surface area contributed by atoms with Gasteiger partial charge in [0, 0.05) is 28.9 Å². The fraction of sp³-hybridized carbons (Fsp3) is 0.133. The third kappa shape index (κ3) is 2.35. The zero-order chi connectivity index (χ0) is 15.0. The molecule has 0 radical (unpaired) electrons. The Morgan fingerprint density at radius 3 is 2.90 bits per heavy atom. The van der Waals surface area contributed by atoms with E-state index in [1.165, 1.54) is 10.7 Å². The van der Waals surface area contributed by atoms with Crippen LogP contribution in [0.5, 0.6) is 0 Å². The van der Waals surface area contributed by atoms with Crippen LogP contribution < -0.4 is 5.73 Å². The summed E-state index contributed by atoms with van der Waals surface area (Å²) < 4.78 is 15.3. The lowest BCUT2D eigenvalue weighted by Gasteiger charge is -2.06. The number of rotatable bonds is 3. The average molecular weight is 284 g/mol. The highest BCUT2D eigenvalue weighted by atomic mass is 19.1. The first-order valence-corrected chi connectivity index (χ1v) is 6.44. The van der Waals surface area contributed by atoms with Gasteiger partial charge in [0.1, 0.15) is 11.9 Å². The average Bonchev–Trinajstić information content (AvgIpc) is 2.96. The summed E-state index contributed by atoms with van der Waals surface area (Å²) in [6.07, 6.45) is 4.94. The van der Waals surface area contributed by atoms with Crippen LogP contribution in [0.4, 0.5) is 4.39 Å². The van der Waals surface area contributed by atoms with Crippen molar-refractivity contribution in [2.75, 3.05) is 0 Å². The minimum atomic E-state index is -0.538. The summed E-state index contributed by atoms with van der Waals surface area (Å²) in [5.41, 5.74) is 7.33. The van der Waals surface area contributed by atoms with E-state index in [0.717, 1.165) is 11.1 Å². The van der Waals surface area contributed by atoms with Crippen LogP contribution in [-0.4, -0.2) is 20.7 Å². The van der Waals surface area contributed by atoms with Crippen LogP contribution in [-0.2, 0) is 4.79 Å². The molecule has 106 valence electrons. The van der Waals surface area contributed by atoms with Gasteiger partial charge < -0.3 is 5.73 Å². The number of nitrogens with zero attached hydrogens (tertiary/aromatic N) is 3. The fourth-order valence-electron chi connectivity index (χ4n) is 2.10. The highest BCUT2D eigenvalue weighted by molar-refractivity contribution is 5.84. The molecule has 0 saturated carbocycles. The predicted octanol–water partition coefficient (Wildman–Crippen LogP) is 2.28. The number of primary amides is 1. The minimum absolute atomic E-state index is 0.320. The Hall–Kier alpha value is -2.76. The van der Waals surface area contributed by atoms with Crippen molar-refractivity contribution in [3.8, 4) is 11.1 Å². The van der Waals surface area contributed by atoms with E-state index in [4.69, 9.17) is 5.73 Å². The topological polar surface area (TPSA) is 73.8 Å². The molecule has 2 heterocycles. The highest BCUT2D eigenvalue weighted by Gasteiger charge is 2.13. The number of fused-ring (bicyclic) bond motifs is 1. The molecular formula is C15H13FN4O. The molecule has 0 aliphatic rings. The van der Waals surface area contributed by atoms with Crippen molar-refractivity contribution >= 4 is 16.8 Å². The Kier molecular flexibility index (Phi) is 3.13. The predicted molar refractivity (Wildman–Crippen MR) is 76.8 cm³/mol. The molecule has 1 atom stereocenters. The van der Waals surface area contributed by atoms with E-state index in [9.17, 15) is 9.18 Å². The van der Waals surface area contributed by atoms with Crippen LogP contribution in [0.15, 0.2) is 42.9 Å². The lowest BCUT2D eigenvalue weighted by molar-refractivity contribution is -0.120. The summed E-state index contributed by atoms with van der Waals surface area (Å²) in [7, 11) is 0. The number of aromatic nitrogens is 3. The first-order chi connectivity index (χ1) is 10.1. The maximum atomic E-state index is 13.8. The number of carbonyl (C=O) groups excluding carboxylic acids is 1. The summed E-state index contributed by atoms with van der Waals surface area (Å²) in [6, 6.07) is 5.95. The molecule has 1 amide bonds. The lowest BCUT2D eigenvalue weighted by Crippen LogP contribution is -2.24. The van der Waals surface area contributed by atoms with Gasteiger partial charge in [-0.3, -0.25) is 14.5 Å². The van der Waals surface area contributed by atoms with Gasteiger partial charge in [0.15, 0.2) is 0 Å². The molecule has 0 fully saturated rings. The van der Waals surface area contributed by atoms with Gasteiger partial charge in [-0.2, -0.15) is 5.10 Å². The molecule has 5 nitrogen and oxygen atoms in total. The van der Waals surface area contributed by atoms with Crippen molar-refractivity contribution in [2.45, 2.75) is 13.0 Å². The maximum Gasteiger partial charge on any atom is 0.241 e. The van der Waals surface area contributed by atoms with Crippen molar-refractivity contribution in [1.82, 2.24) is 14.8 Å². The summed E-state index contributed by atoms with van der Waals surface area (Å²) in [6.45, 7) is 1.66. The number of halogens is 1. The number of hydrogen-bond donors (Lipinski definition) is 1. The largest absolute Gasteiger partial charge is 0.368 e. The van der Waals surface area contributed by atoms with E-state index in [1.807, 2.05) is 0 Å². The van der Waals surface area contributed by atoms with Crippen LogP contribution in [0.1, 0.15) is 13.0 Å². The summed E-state index contributed by atoms with van der Waals surface area (Å²) >= 11 is 0. The van der Waals surface area contributed by atoms with Crippen molar-refractivity contribution in [3.63, 3.8) is 0 Å². The third-order valence-electron chi connectivity index (χ3n) is 3.42. The first-order valence-electron chi connectivity index (χ1n) is 6.44. The summed E-state index contributed by atoms with van der Waals surface area (Å²) in [5.74, 6) is -0.785. The van der Waals surface area contributed by atoms with Crippen LogP contribution in [0, 0.1) is 5.82 Å². The number of pyridine rings is 1. The Bertz CT molecular complexity index is 827. The standard InChI is InChI=1S/C15H13FN4O/c1-9(15(17)21)20-8-11(7-19-20)10-5-12-13(16)3-2-4-14(12)18-6-10/h2-9H,1H3,(H2,17,21). The van der Waals surface area contributed by atoms with Gasteiger partial charge >= 0.3 is 0 Å². The molecule has 3 aromatic rings. The molecule has 2 aromatic heterocycles. The molecule has 0 bridgehead atoms. The molecule has 21 heavy (non-hydrogen) atoms. The molecule has 0 aliphatic heterocycles. The van der Waals surface area contributed by atoms with E-state index >= 15 is 0 Å². The second-order valence-electron chi connectivity index (χ2n) is 4.82. The van der Waals surface area contributed by atoms with Crippen LogP contribution in [0.3, 0.4) is 0 Å². The van der Waals surface area contributed by atoms with E-state index in [0.29, 0.717) is 10.9 Å². The van der Waals surface area contributed by atoms with Crippen molar-refractivity contribution in [3.05, 3.63) is 48.7 Å². The van der Waals surface area contributed by atoms with Crippen LogP contribution in [0.2, 0.25) is 0 Å². The zero-order valence-electron chi connectivity index (χ0n) is 11.3. The van der Waals surface area contributed by atoms with Crippen molar-refractivity contribution in [1.29, 1.82) is 0 Å². The monoisotopic (exact) mass is 284 g/mol. The van der Waals surface area contributed by atoms with Crippen molar-refractivity contribution in [2.24, 2.45) is 5.73 Å². The molecule has 1 unspecified atom stereocenters. The van der Waals surface area contributed by atoms with Gasteiger partial charge in [-0.15, -0.1) is 0 Å². The Labute approximate surface area is 120 Å². The van der Waals surface area contributed by atoms with Crippen LogP contribution in [0.25, 0.3) is 22.0 Å². The van der Waals surface area contributed by atoms with Gasteiger partial charge in [0.25, 0.3) is 0 Å². The fourth-order valence-corrected chi connectivity index (χ4v) is 2.10. The van der Waals surface area contributed by atoms with E-state index in [2.05, 4.69) is 10.1 Å². The Morgan fingerprint density at radius 1 is 1.33 bits per heavy atom. The van der Waals surface area contributed by atoms with Crippen molar-refractivity contribution < 1.29 is 9.18 Å². The second kappa shape index (κ2) is 4.97. The van der Waals surface area contributed by atoms with Gasteiger partial charge in [-0.05, 0) is 25.1 Å². The molecule has 0 saturated heterocycles. The SMILES string of the molecule is CC(C(N)=O)n1cc(-c2cnc3cccc(F)c3c2)cn1. The Morgan fingerprint density at radius 2 is 2.14 bits per heavy atom. The number of carbonyl (C=O) groups is 1. The minimum Gasteiger partial charge on any atom is -0.368 e. The van der Waals surface area contributed by atoms with Gasteiger partial charge in [0.05, 0.1) is 11.7 Å². The van der Waals surface area contributed by atoms with Gasteiger partial charge in [-0.25, -0.2) is 4.39 Å². The third-order valence-corrected chi connectivity index (χ3v) is 3.42. The summed E-state index contributed by atoms with van der Waals surface area (Å²) in [4.78, 5) is 15.4. The second-order valence-corrected chi connectivity index (χ2v) is 4.82. The normalized spacial score (nSPS) is 12.5. The van der Waals surface area contributed by atoms with Gasteiger partial charge in [0.2, 0.25) is 5.91 Å². The number of hydrogen-bond acceptors (Lipinski definition) is 3. The van der Waals surface area contributed by atoms with E-state index in [1.54, 1.807) is 43.7 Å². The molecule has 0 spiro atoms. The smallest absolute Gasteiger partial charge is 0.241 e. The van der Waals surface area contributed by atoms with Gasteiger partial charge in [-0.1, -0.05) is 6.07 Å². The van der Waals surface area contributed by atoms with Crippen LogP contribution >= 0.6 is 0 Å². The van der Waals surface area contributed by atoms with E-state index < -0.39 is 11.9 Å². The highest BCUT2D eigenvalue weighted by Crippen LogP contribution is 2.24. The molecular weight excluding hydrogens is 271 g/mol. The number of nitrogens with two attached hydrogens (primary N) is 1. The Balaban J connectivity index is 2.05. The lowest BCUT2D eigenvalue weighted by atomic mass is 10.1. The quantitative estimate of drug-likeness (QED) is 0.801. The molecule has 6 heteroatoms. The molecule has 1 aromatic carbocycles. The molecule has 2 N–H and O–H groups in total. The molecule has 3 rings (SSSR count). The zero-order valence-corrected chi connectivity index (χ0v) is 11.3. The first kappa shape index (κ1) is 13.2. The number of amides is 1. The number of benzene rings is 1. The van der Waals surface area contributed by atoms with E-state index in [-0.39, 0.29) is 5.82 Å². The summed E-state index contributed by atoms with van der Waals surface area (Å²) in [5, 5.41) is 4.56. The molecule has 0 aliphatic carbocycles. The maximum absolute atomic E-state index is 13.8.